The predicted molar refractivity (Wildman–Crippen MR) is 47.3 cm³/mol. The molecule has 0 aliphatic heterocycles. The van der Waals surface area contributed by atoms with Crippen molar-refractivity contribution in [1.29, 1.82) is 0 Å². The molecule has 1 heterocycles. The van der Waals surface area contributed by atoms with Crippen molar-refractivity contribution in [3.8, 4) is 12.3 Å². The van der Waals surface area contributed by atoms with Gasteiger partial charge in [-0.1, -0.05) is 0 Å². The fourth-order valence-electron chi connectivity index (χ4n) is 0.964. The first-order valence-electron chi connectivity index (χ1n) is 3.85. The maximum absolute atomic E-state index is 10.5. The second-order valence-corrected chi connectivity index (χ2v) is 2.77. The van der Waals surface area contributed by atoms with E-state index >= 15 is 0 Å². The van der Waals surface area contributed by atoms with E-state index in [0.29, 0.717) is 6.42 Å². The van der Waals surface area contributed by atoms with Crippen LogP contribution in [0.3, 0.4) is 0 Å². The van der Waals surface area contributed by atoms with Gasteiger partial charge in [0.2, 0.25) is 0 Å². The Labute approximate surface area is 76.2 Å². The summed E-state index contributed by atoms with van der Waals surface area (Å²) in [5.74, 6) is 1.49. The minimum absolute atomic E-state index is 0.0453. The number of carboxylic acids is 1. The van der Waals surface area contributed by atoms with E-state index in [1.54, 1.807) is 4.57 Å². The third kappa shape index (κ3) is 2.09. The molecule has 0 spiro atoms. The summed E-state index contributed by atoms with van der Waals surface area (Å²) < 4.78 is 1.70. The number of rotatable bonds is 3. The molecule has 1 unspecified atom stereocenters. The number of carboxylic acid groups (broad SMARTS) is 1. The Balaban J connectivity index is 2.80. The van der Waals surface area contributed by atoms with E-state index < -0.39 is 5.97 Å². The lowest BCUT2D eigenvalue weighted by molar-refractivity contribution is 0.0691. The summed E-state index contributed by atoms with van der Waals surface area (Å²) in [6.07, 6.45) is 8.65. The number of hydrogen-bond acceptors (Lipinski definition) is 2. The van der Waals surface area contributed by atoms with Crippen LogP contribution in [-0.2, 0) is 0 Å². The molecule has 1 atom stereocenters. The van der Waals surface area contributed by atoms with Crippen LogP contribution in [0, 0.1) is 12.3 Å². The summed E-state index contributed by atoms with van der Waals surface area (Å²) in [5, 5.41) is 8.59. The van der Waals surface area contributed by atoms with Crippen LogP contribution < -0.4 is 0 Å². The third-order valence-electron chi connectivity index (χ3n) is 1.74. The van der Waals surface area contributed by atoms with E-state index in [-0.39, 0.29) is 11.7 Å². The molecule has 0 fully saturated rings. The van der Waals surface area contributed by atoms with Crippen LogP contribution in [0.2, 0.25) is 0 Å². The second kappa shape index (κ2) is 3.76. The Kier molecular flexibility index (Phi) is 2.70. The van der Waals surface area contributed by atoms with Crippen molar-refractivity contribution in [2.45, 2.75) is 19.4 Å². The fourth-order valence-corrected chi connectivity index (χ4v) is 0.964. The topological polar surface area (TPSA) is 55.1 Å². The SMILES string of the molecule is C#CCC(C)n1cnc(C(=O)O)c1. The monoisotopic (exact) mass is 178 g/mol. The normalized spacial score (nSPS) is 12.0. The lowest BCUT2D eigenvalue weighted by Gasteiger charge is -2.07. The van der Waals surface area contributed by atoms with Crippen LogP contribution >= 0.6 is 0 Å². The van der Waals surface area contributed by atoms with Gasteiger partial charge in [0, 0.05) is 18.7 Å². The fraction of sp³-hybridized carbons (Fsp3) is 0.333. The van der Waals surface area contributed by atoms with Crippen LogP contribution in [0.25, 0.3) is 0 Å². The number of nitrogens with zero attached hydrogens (tertiary/aromatic N) is 2. The summed E-state index contributed by atoms with van der Waals surface area (Å²) in [6, 6.07) is 0.0885. The Hall–Kier alpha value is -1.76. The third-order valence-corrected chi connectivity index (χ3v) is 1.74. The summed E-state index contributed by atoms with van der Waals surface area (Å²) >= 11 is 0. The molecule has 0 bridgehead atoms. The van der Waals surface area contributed by atoms with E-state index in [0.717, 1.165) is 0 Å². The van der Waals surface area contributed by atoms with Gasteiger partial charge in [-0.2, -0.15) is 0 Å². The van der Waals surface area contributed by atoms with Crippen LogP contribution in [-0.4, -0.2) is 20.6 Å². The van der Waals surface area contributed by atoms with Crippen molar-refractivity contribution >= 4 is 5.97 Å². The second-order valence-electron chi connectivity index (χ2n) is 2.77. The van der Waals surface area contributed by atoms with E-state index in [9.17, 15) is 4.79 Å². The molecule has 0 radical (unpaired) electrons. The molecule has 1 N–H and O–H groups in total. The van der Waals surface area contributed by atoms with E-state index in [1.807, 2.05) is 6.92 Å². The predicted octanol–water partition coefficient (Wildman–Crippen LogP) is 1.17. The van der Waals surface area contributed by atoms with Gasteiger partial charge in [-0.15, -0.1) is 12.3 Å². The summed E-state index contributed by atoms with van der Waals surface area (Å²) in [6.45, 7) is 1.91. The first kappa shape index (κ1) is 9.33. The molecule has 4 heteroatoms. The van der Waals surface area contributed by atoms with Crippen molar-refractivity contribution in [2.75, 3.05) is 0 Å². The molecule has 68 valence electrons. The highest BCUT2D eigenvalue weighted by molar-refractivity contribution is 5.84. The van der Waals surface area contributed by atoms with Crippen LogP contribution in [0.15, 0.2) is 12.5 Å². The van der Waals surface area contributed by atoms with Crippen molar-refractivity contribution in [3.63, 3.8) is 0 Å². The quantitative estimate of drug-likeness (QED) is 0.707. The lowest BCUT2D eigenvalue weighted by Crippen LogP contribution is -2.01. The van der Waals surface area contributed by atoms with Crippen LogP contribution in [0.1, 0.15) is 29.9 Å². The zero-order valence-corrected chi connectivity index (χ0v) is 7.27. The first-order valence-corrected chi connectivity index (χ1v) is 3.85. The Morgan fingerprint density at radius 1 is 1.92 bits per heavy atom. The molecular formula is C9H10N2O2. The number of aromatic nitrogens is 2. The molecule has 0 amide bonds. The van der Waals surface area contributed by atoms with Crippen molar-refractivity contribution in [1.82, 2.24) is 9.55 Å². The van der Waals surface area contributed by atoms with Crippen molar-refractivity contribution in [2.24, 2.45) is 0 Å². The number of imidazole rings is 1. The molecule has 0 aliphatic carbocycles. The smallest absolute Gasteiger partial charge is 0.356 e. The summed E-state index contributed by atoms with van der Waals surface area (Å²) in [7, 11) is 0. The van der Waals surface area contributed by atoms with Crippen molar-refractivity contribution in [3.05, 3.63) is 18.2 Å². The Bertz CT molecular complexity index is 349. The van der Waals surface area contributed by atoms with Gasteiger partial charge in [-0.25, -0.2) is 9.78 Å². The van der Waals surface area contributed by atoms with Gasteiger partial charge in [0.15, 0.2) is 5.69 Å². The minimum Gasteiger partial charge on any atom is -0.476 e. The van der Waals surface area contributed by atoms with E-state index in [4.69, 9.17) is 11.5 Å². The van der Waals surface area contributed by atoms with Gasteiger partial charge in [0.25, 0.3) is 0 Å². The summed E-state index contributed by atoms with van der Waals surface area (Å²) in [5.41, 5.74) is 0.0453. The van der Waals surface area contributed by atoms with Gasteiger partial charge >= 0.3 is 5.97 Å². The minimum atomic E-state index is -1.02. The molecule has 4 nitrogen and oxygen atoms in total. The lowest BCUT2D eigenvalue weighted by atomic mass is 10.2. The molecule has 0 aromatic carbocycles. The maximum Gasteiger partial charge on any atom is 0.356 e. The van der Waals surface area contributed by atoms with Gasteiger partial charge in [0.1, 0.15) is 0 Å². The highest BCUT2D eigenvalue weighted by Gasteiger charge is 2.09. The van der Waals surface area contributed by atoms with Crippen molar-refractivity contribution < 1.29 is 9.90 Å². The maximum atomic E-state index is 10.5. The average molecular weight is 178 g/mol. The molecule has 13 heavy (non-hydrogen) atoms. The van der Waals surface area contributed by atoms with Gasteiger partial charge in [0.05, 0.1) is 6.33 Å². The summed E-state index contributed by atoms with van der Waals surface area (Å²) in [4.78, 5) is 14.2. The molecule has 0 saturated carbocycles. The number of terminal acetylenes is 1. The largest absolute Gasteiger partial charge is 0.476 e. The van der Waals surface area contributed by atoms with Gasteiger partial charge < -0.3 is 9.67 Å². The highest BCUT2D eigenvalue weighted by atomic mass is 16.4. The molecule has 1 aromatic heterocycles. The van der Waals surface area contributed by atoms with Gasteiger partial charge in [-0.3, -0.25) is 0 Å². The first-order chi connectivity index (χ1) is 6.15. The van der Waals surface area contributed by atoms with Crippen LogP contribution in [0.5, 0.6) is 0 Å². The van der Waals surface area contributed by atoms with Gasteiger partial charge in [-0.05, 0) is 6.92 Å². The molecule has 0 aliphatic rings. The standard InChI is InChI=1S/C9H10N2O2/c1-3-4-7(2)11-5-8(9(12)13)10-6-11/h1,5-7H,4H2,2H3,(H,12,13). The number of carbonyl (C=O) groups is 1. The highest BCUT2D eigenvalue weighted by Crippen LogP contribution is 2.09. The zero-order chi connectivity index (χ0) is 9.84. The zero-order valence-electron chi connectivity index (χ0n) is 7.27. The molecule has 0 saturated heterocycles. The number of hydrogen-bond donors (Lipinski definition) is 1. The molecule has 1 rings (SSSR count). The Morgan fingerprint density at radius 3 is 3.08 bits per heavy atom. The van der Waals surface area contributed by atoms with Crippen LogP contribution in [0.4, 0.5) is 0 Å². The molecule has 1 aromatic rings. The molecular weight excluding hydrogens is 168 g/mol. The van der Waals surface area contributed by atoms with E-state index in [2.05, 4.69) is 10.9 Å². The Morgan fingerprint density at radius 2 is 2.62 bits per heavy atom. The van der Waals surface area contributed by atoms with E-state index in [1.165, 1.54) is 12.5 Å². The average Bonchev–Trinajstić information content (AvgIpc) is 2.52. The number of aromatic carboxylic acids is 1.